The molecule has 1 aromatic heterocycles. The van der Waals surface area contributed by atoms with Crippen LogP contribution in [0.15, 0.2) is 18.3 Å². The molecule has 0 spiro atoms. The van der Waals surface area contributed by atoms with Crippen LogP contribution >= 0.6 is 0 Å². The first kappa shape index (κ1) is 7.35. The Morgan fingerprint density at radius 1 is 1.70 bits per heavy atom. The number of rotatable bonds is 2. The van der Waals surface area contributed by atoms with E-state index in [0.717, 1.165) is 6.42 Å². The molecule has 10 heavy (non-hydrogen) atoms. The Bertz CT molecular complexity index is 203. The van der Waals surface area contributed by atoms with Gasteiger partial charge in [0.15, 0.2) is 0 Å². The van der Waals surface area contributed by atoms with Gasteiger partial charge in [0.25, 0.3) is 0 Å². The smallest absolute Gasteiger partial charge is 0.0447 e. The molecule has 1 rings (SSSR count). The van der Waals surface area contributed by atoms with E-state index in [1.807, 2.05) is 19.3 Å². The minimum atomic E-state index is 0.194. The van der Waals surface area contributed by atoms with E-state index in [9.17, 15) is 0 Å². The fraction of sp³-hybridized carbons (Fsp3) is 0.500. The fourth-order valence-corrected chi connectivity index (χ4v) is 1.07. The average Bonchev–Trinajstić information content (AvgIpc) is 2.34. The van der Waals surface area contributed by atoms with Crippen molar-refractivity contribution in [1.29, 1.82) is 0 Å². The number of aromatic nitrogens is 1. The maximum Gasteiger partial charge on any atom is 0.0447 e. The molecule has 2 heteroatoms. The van der Waals surface area contributed by atoms with Gasteiger partial charge < -0.3 is 10.3 Å². The van der Waals surface area contributed by atoms with Crippen molar-refractivity contribution in [2.24, 2.45) is 12.8 Å². The molecule has 0 bridgehead atoms. The molecule has 0 fully saturated rings. The maximum atomic E-state index is 5.82. The minimum absolute atomic E-state index is 0.194. The van der Waals surface area contributed by atoms with Crippen molar-refractivity contribution in [1.82, 2.24) is 4.57 Å². The average molecular weight is 138 g/mol. The van der Waals surface area contributed by atoms with Gasteiger partial charge in [0.1, 0.15) is 0 Å². The molecule has 0 aromatic carbocycles. The van der Waals surface area contributed by atoms with Gasteiger partial charge >= 0.3 is 0 Å². The molecule has 0 amide bonds. The van der Waals surface area contributed by atoms with Crippen LogP contribution in [0.3, 0.4) is 0 Å². The molecular weight excluding hydrogens is 124 g/mol. The number of aryl methyl sites for hydroxylation is 1. The number of hydrogen-bond acceptors (Lipinski definition) is 1. The lowest BCUT2D eigenvalue weighted by Crippen LogP contribution is -2.12. The molecule has 2 N–H and O–H groups in total. The van der Waals surface area contributed by atoms with Gasteiger partial charge in [0, 0.05) is 25.0 Å². The molecule has 1 aromatic rings. The lowest BCUT2D eigenvalue weighted by molar-refractivity contribution is 0.640. The minimum Gasteiger partial charge on any atom is -0.353 e. The topological polar surface area (TPSA) is 30.9 Å². The Hall–Kier alpha value is -0.760. The Labute approximate surface area is 61.7 Å². The van der Waals surface area contributed by atoms with Gasteiger partial charge in [-0.05, 0) is 18.6 Å². The predicted molar refractivity (Wildman–Crippen MR) is 42.6 cm³/mol. The van der Waals surface area contributed by atoms with Gasteiger partial charge in [-0.3, -0.25) is 0 Å². The molecule has 0 aliphatic heterocycles. The highest BCUT2D eigenvalue weighted by Crippen LogP contribution is 2.12. The molecule has 2 nitrogen and oxygen atoms in total. The first-order chi connectivity index (χ1) is 4.75. The lowest BCUT2D eigenvalue weighted by Gasteiger charge is -2.09. The van der Waals surface area contributed by atoms with Crippen molar-refractivity contribution in [3.8, 4) is 0 Å². The standard InChI is InChI=1S/C8H14N2/c1-3-7(9)8-5-4-6-10(8)2/h4-7H,3,9H2,1-2H3/t7-/m0/s1. The number of hydrogen-bond donors (Lipinski definition) is 1. The van der Waals surface area contributed by atoms with Crippen molar-refractivity contribution < 1.29 is 0 Å². The summed E-state index contributed by atoms with van der Waals surface area (Å²) in [5, 5.41) is 0. The summed E-state index contributed by atoms with van der Waals surface area (Å²) in [6, 6.07) is 4.28. The molecule has 0 saturated heterocycles. The number of nitrogens with zero attached hydrogens (tertiary/aromatic N) is 1. The monoisotopic (exact) mass is 138 g/mol. The van der Waals surface area contributed by atoms with Gasteiger partial charge in [-0.15, -0.1) is 0 Å². The Kier molecular flexibility index (Phi) is 2.12. The summed E-state index contributed by atoms with van der Waals surface area (Å²) in [7, 11) is 2.02. The second-order valence-corrected chi connectivity index (χ2v) is 2.56. The highest BCUT2D eigenvalue weighted by Gasteiger charge is 2.04. The zero-order valence-electron chi connectivity index (χ0n) is 6.54. The Morgan fingerprint density at radius 3 is 2.80 bits per heavy atom. The summed E-state index contributed by atoms with van der Waals surface area (Å²) >= 11 is 0. The van der Waals surface area contributed by atoms with E-state index in [2.05, 4.69) is 17.6 Å². The SMILES string of the molecule is CC[C@H](N)c1cccn1C. The second kappa shape index (κ2) is 2.88. The van der Waals surface area contributed by atoms with Gasteiger partial charge in [-0.25, -0.2) is 0 Å². The third-order valence-electron chi connectivity index (χ3n) is 1.80. The van der Waals surface area contributed by atoms with Crippen LogP contribution in [0.5, 0.6) is 0 Å². The molecule has 0 radical (unpaired) electrons. The van der Waals surface area contributed by atoms with Crippen molar-refractivity contribution in [2.75, 3.05) is 0 Å². The molecule has 56 valence electrons. The summed E-state index contributed by atoms with van der Waals surface area (Å²) in [6.07, 6.45) is 3.02. The van der Waals surface area contributed by atoms with Gasteiger partial charge in [-0.1, -0.05) is 6.92 Å². The first-order valence-electron chi connectivity index (χ1n) is 3.62. The largest absolute Gasteiger partial charge is 0.353 e. The van der Waals surface area contributed by atoms with Gasteiger partial charge in [0.05, 0.1) is 0 Å². The van der Waals surface area contributed by atoms with E-state index in [0.29, 0.717) is 0 Å². The van der Waals surface area contributed by atoms with Crippen LogP contribution < -0.4 is 5.73 Å². The van der Waals surface area contributed by atoms with Crippen LogP contribution in [0.4, 0.5) is 0 Å². The van der Waals surface area contributed by atoms with Crippen molar-refractivity contribution in [2.45, 2.75) is 19.4 Å². The van der Waals surface area contributed by atoms with Crippen LogP contribution in [0.1, 0.15) is 25.1 Å². The highest BCUT2D eigenvalue weighted by atomic mass is 14.9. The lowest BCUT2D eigenvalue weighted by atomic mass is 10.2. The fourth-order valence-electron chi connectivity index (χ4n) is 1.07. The van der Waals surface area contributed by atoms with Crippen molar-refractivity contribution in [3.63, 3.8) is 0 Å². The summed E-state index contributed by atoms with van der Waals surface area (Å²) in [4.78, 5) is 0. The van der Waals surface area contributed by atoms with Gasteiger partial charge in [-0.2, -0.15) is 0 Å². The molecule has 0 aliphatic rings. The normalized spacial score (nSPS) is 13.5. The molecule has 0 unspecified atom stereocenters. The third kappa shape index (κ3) is 1.21. The molecular formula is C8H14N2. The van der Waals surface area contributed by atoms with Crippen LogP contribution in [-0.4, -0.2) is 4.57 Å². The van der Waals surface area contributed by atoms with Crippen LogP contribution in [0.25, 0.3) is 0 Å². The quantitative estimate of drug-likeness (QED) is 0.658. The molecule has 0 aliphatic carbocycles. The van der Waals surface area contributed by atoms with E-state index in [-0.39, 0.29) is 6.04 Å². The van der Waals surface area contributed by atoms with Crippen LogP contribution in [0.2, 0.25) is 0 Å². The zero-order valence-corrected chi connectivity index (χ0v) is 6.54. The molecule has 0 saturated carbocycles. The second-order valence-electron chi connectivity index (χ2n) is 2.56. The van der Waals surface area contributed by atoms with Gasteiger partial charge in [0.2, 0.25) is 0 Å². The maximum absolute atomic E-state index is 5.82. The van der Waals surface area contributed by atoms with Crippen molar-refractivity contribution >= 4 is 0 Å². The predicted octanol–water partition coefficient (Wildman–Crippen LogP) is 1.43. The van der Waals surface area contributed by atoms with E-state index in [4.69, 9.17) is 5.73 Å². The van der Waals surface area contributed by atoms with Crippen molar-refractivity contribution in [3.05, 3.63) is 24.0 Å². The summed E-state index contributed by atoms with van der Waals surface area (Å²) < 4.78 is 2.06. The van der Waals surface area contributed by atoms with Crippen LogP contribution in [0, 0.1) is 0 Å². The summed E-state index contributed by atoms with van der Waals surface area (Å²) in [6.45, 7) is 2.09. The van der Waals surface area contributed by atoms with E-state index in [1.54, 1.807) is 0 Å². The first-order valence-corrected chi connectivity index (χ1v) is 3.62. The van der Waals surface area contributed by atoms with E-state index >= 15 is 0 Å². The van der Waals surface area contributed by atoms with E-state index < -0.39 is 0 Å². The number of nitrogens with two attached hydrogens (primary N) is 1. The van der Waals surface area contributed by atoms with E-state index in [1.165, 1.54) is 5.69 Å². The van der Waals surface area contributed by atoms with Crippen LogP contribution in [-0.2, 0) is 7.05 Å². The summed E-state index contributed by atoms with van der Waals surface area (Å²) in [5.41, 5.74) is 7.03. The third-order valence-corrected chi connectivity index (χ3v) is 1.80. The molecule has 1 atom stereocenters. The highest BCUT2D eigenvalue weighted by molar-refractivity contribution is 5.10. The molecule has 1 heterocycles. The Balaban J connectivity index is 2.82. The zero-order chi connectivity index (χ0) is 7.56. The Morgan fingerprint density at radius 2 is 2.40 bits per heavy atom. The summed E-state index contributed by atoms with van der Waals surface area (Å²) in [5.74, 6) is 0.